The van der Waals surface area contributed by atoms with Crippen molar-refractivity contribution in [1.29, 1.82) is 0 Å². The lowest BCUT2D eigenvalue weighted by Gasteiger charge is -2.14. The molecule has 1 fully saturated rings. The smallest absolute Gasteiger partial charge is 0.264 e. The van der Waals surface area contributed by atoms with Crippen molar-refractivity contribution < 1.29 is 14.7 Å². The molecule has 1 unspecified atom stereocenters. The van der Waals surface area contributed by atoms with Crippen LogP contribution < -0.4 is 5.32 Å². The van der Waals surface area contributed by atoms with E-state index in [0.29, 0.717) is 13.0 Å². The third-order valence-electron chi connectivity index (χ3n) is 4.00. The first-order valence-corrected chi connectivity index (χ1v) is 6.89. The topological polar surface area (TPSA) is 70.9 Å². The van der Waals surface area contributed by atoms with Gasteiger partial charge in [0, 0.05) is 18.4 Å². The number of hydrogen-bond donors (Lipinski definition) is 2. The number of nitrogens with zero attached hydrogens (tertiary/aromatic N) is 1. The fraction of sp³-hybridized carbons (Fsp3) is 0.467. The van der Waals surface area contributed by atoms with Crippen molar-refractivity contribution in [1.82, 2.24) is 5.32 Å². The van der Waals surface area contributed by atoms with Crippen LogP contribution in [-0.2, 0) is 9.63 Å². The summed E-state index contributed by atoms with van der Waals surface area (Å²) in [6, 6.07) is 9.71. The van der Waals surface area contributed by atoms with Crippen molar-refractivity contribution in [3.8, 4) is 0 Å². The van der Waals surface area contributed by atoms with Gasteiger partial charge in [0.15, 0.2) is 0 Å². The van der Waals surface area contributed by atoms with E-state index in [9.17, 15) is 9.90 Å². The van der Waals surface area contributed by atoms with Crippen molar-refractivity contribution in [3.05, 3.63) is 35.9 Å². The second-order valence-electron chi connectivity index (χ2n) is 5.58. The fourth-order valence-corrected chi connectivity index (χ4v) is 2.28. The van der Waals surface area contributed by atoms with Crippen LogP contribution in [0.15, 0.2) is 35.5 Å². The van der Waals surface area contributed by atoms with E-state index < -0.39 is 6.10 Å². The number of benzene rings is 1. The van der Waals surface area contributed by atoms with Gasteiger partial charge in [0.25, 0.3) is 5.91 Å². The van der Waals surface area contributed by atoms with Gasteiger partial charge < -0.3 is 15.3 Å². The Kier molecular flexibility index (Phi) is 3.44. The first-order valence-electron chi connectivity index (χ1n) is 6.89. The van der Waals surface area contributed by atoms with E-state index in [0.717, 1.165) is 24.1 Å². The molecule has 2 aliphatic rings. The average Bonchev–Trinajstić information content (AvgIpc) is 3.12. The molecule has 20 heavy (non-hydrogen) atoms. The second kappa shape index (κ2) is 5.25. The highest BCUT2D eigenvalue weighted by molar-refractivity contribution is 6.04. The molecule has 0 radical (unpaired) electrons. The summed E-state index contributed by atoms with van der Waals surface area (Å²) < 4.78 is 0. The normalized spacial score (nSPS) is 22.9. The molecule has 0 saturated heterocycles. The maximum atomic E-state index is 12.0. The van der Waals surface area contributed by atoms with Gasteiger partial charge in [0.1, 0.15) is 0 Å². The predicted molar refractivity (Wildman–Crippen MR) is 74.2 cm³/mol. The minimum absolute atomic E-state index is 0.0859. The van der Waals surface area contributed by atoms with Crippen LogP contribution in [0.5, 0.6) is 0 Å². The molecule has 3 rings (SSSR count). The number of carbonyl (C=O) groups is 1. The molecule has 5 heteroatoms. The number of aliphatic hydroxyl groups excluding tert-OH is 1. The SMILES string of the molecule is O=C(NCC1(CO)CC1)C1CC(c2ccccc2)=NO1. The molecule has 0 aromatic heterocycles. The molecular weight excluding hydrogens is 256 g/mol. The maximum Gasteiger partial charge on any atom is 0.264 e. The standard InChI is InChI=1S/C15H18N2O3/c18-10-15(6-7-15)9-16-14(19)13-8-12(17-20-13)11-4-2-1-3-5-11/h1-5,13,18H,6-10H2,(H,16,19). The summed E-state index contributed by atoms with van der Waals surface area (Å²) in [6.07, 6.45) is 1.88. The van der Waals surface area contributed by atoms with Crippen molar-refractivity contribution in [2.45, 2.75) is 25.4 Å². The van der Waals surface area contributed by atoms with E-state index in [2.05, 4.69) is 10.5 Å². The Bertz CT molecular complexity index is 523. The van der Waals surface area contributed by atoms with Crippen LogP contribution >= 0.6 is 0 Å². The Morgan fingerprint density at radius 3 is 2.80 bits per heavy atom. The Morgan fingerprint density at radius 1 is 1.40 bits per heavy atom. The zero-order chi connectivity index (χ0) is 14.0. The number of aliphatic hydroxyl groups is 1. The third-order valence-corrected chi connectivity index (χ3v) is 4.00. The fourth-order valence-electron chi connectivity index (χ4n) is 2.28. The minimum atomic E-state index is -0.556. The van der Waals surface area contributed by atoms with Gasteiger partial charge in [0.2, 0.25) is 6.10 Å². The van der Waals surface area contributed by atoms with Gasteiger partial charge >= 0.3 is 0 Å². The summed E-state index contributed by atoms with van der Waals surface area (Å²) in [5, 5.41) is 16.1. The Hall–Kier alpha value is -1.88. The van der Waals surface area contributed by atoms with Gasteiger partial charge in [-0.1, -0.05) is 35.5 Å². The third kappa shape index (κ3) is 2.67. The van der Waals surface area contributed by atoms with Gasteiger partial charge in [-0.2, -0.15) is 0 Å². The first kappa shape index (κ1) is 13.1. The van der Waals surface area contributed by atoms with Crippen LogP contribution in [0.3, 0.4) is 0 Å². The molecule has 5 nitrogen and oxygen atoms in total. The molecule has 1 aromatic carbocycles. The molecule has 1 amide bonds. The summed E-state index contributed by atoms with van der Waals surface area (Å²) in [5.74, 6) is -0.153. The molecule has 1 heterocycles. The number of hydrogen-bond acceptors (Lipinski definition) is 4. The van der Waals surface area contributed by atoms with Gasteiger partial charge in [-0.25, -0.2) is 0 Å². The van der Waals surface area contributed by atoms with Crippen LogP contribution in [0, 0.1) is 5.41 Å². The maximum absolute atomic E-state index is 12.0. The number of amides is 1. The van der Waals surface area contributed by atoms with Crippen molar-refractivity contribution >= 4 is 11.6 Å². The first-order chi connectivity index (χ1) is 9.72. The minimum Gasteiger partial charge on any atom is -0.396 e. The summed E-state index contributed by atoms with van der Waals surface area (Å²) in [6.45, 7) is 0.646. The van der Waals surface area contributed by atoms with Crippen molar-refractivity contribution in [2.24, 2.45) is 10.6 Å². The Morgan fingerprint density at radius 2 is 2.15 bits per heavy atom. The molecule has 0 bridgehead atoms. The van der Waals surface area contributed by atoms with Crippen LogP contribution in [0.1, 0.15) is 24.8 Å². The molecule has 1 saturated carbocycles. The monoisotopic (exact) mass is 274 g/mol. The molecular formula is C15H18N2O3. The molecule has 106 valence electrons. The van der Waals surface area contributed by atoms with Gasteiger partial charge in [-0.15, -0.1) is 0 Å². The second-order valence-corrected chi connectivity index (χ2v) is 5.58. The van der Waals surface area contributed by atoms with Gasteiger partial charge in [-0.3, -0.25) is 4.79 Å². The van der Waals surface area contributed by atoms with Gasteiger partial charge in [-0.05, 0) is 18.4 Å². The van der Waals surface area contributed by atoms with E-state index in [4.69, 9.17) is 4.84 Å². The number of carbonyl (C=O) groups excluding carboxylic acids is 1. The van der Waals surface area contributed by atoms with Crippen LogP contribution in [0.2, 0.25) is 0 Å². The largest absolute Gasteiger partial charge is 0.396 e. The molecule has 1 atom stereocenters. The summed E-state index contributed by atoms with van der Waals surface area (Å²) in [7, 11) is 0. The molecule has 1 aromatic rings. The summed E-state index contributed by atoms with van der Waals surface area (Å²) in [5.41, 5.74) is 1.70. The number of rotatable bonds is 5. The van der Waals surface area contributed by atoms with Crippen molar-refractivity contribution in [2.75, 3.05) is 13.2 Å². The number of nitrogens with one attached hydrogen (secondary N) is 1. The van der Waals surface area contributed by atoms with E-state index in [1.807, 2.05) is 30.3 Å². The highest BCUT2D eigenvalue weighted by Crippen LogP contribution is 2.44. The predicted octanol–water partition coefficient (Wildman–Crippen LogP) is 1.07. The molecule has 1 aliphatic heterocycles. The summed E-state index contributed by atoms with van der Waals surface area (Å²) >= 11 is 0. The zero-order valence-corrected chi connectivity index (χ0v) is 11.2. The molecule has 2 N–H and O–H groups in total. The average molecular weight is 274 g/mol. The van der Waals surface area contributed by atoms with E-state index in [1.54, 1.807) is 0 Å². The van der Waals surface area contributed by atoms with E-state index in [1.165, 1.54) is 0 Å². The van der Waals surface area contributed by atoms with E-state index >= 15 is 0 Å². The Balaban J connectivity index is 1.52. The van der Waals surface area contributed by atoms with Crippen LogP contribution in [-0.4, -0.2) is 36.0 Å². The van der Waals surface area contributed by atoms with Crippen LogP contribution in [0.25, 0.3) is 0 Å². The summed E-state index contributed by atoms with van der Waals surface area (Å²) in [4.78, 5) is 17.2. The lowest BCUT2D eigenvalue weighted by Crippen LogP contribution is -2.39. The van der Waals surface area contributed by atoms with Gasteiger partial charge in [0.05, 0.1) is 12.3 Å². The molecule has 0 spiro atoms. The number of oxime groups is 1. The Labute approximate surface area is 117 Å². The highest BCUT2D eigenvalue weighted by atomic mass is 16.6. The lowest BCUT2D eigenvalue weighted by atomic mass is 10.0. The lowest BCUT2D eigenvalue weighted by molar-refractivity contribution is -0.131. The van der Waals surface area contributed by atoms with Crippen molar-refractivity contribution in [3.63, 3.8) is 0 Å². The van der Waals surface area contributed by atoms with E-state index in [-0.39, 0.29) is 17.9 Å². The quantitative estimate of drug-likeness (QED) is 0.843. The van der Waals surface area contributed by atoms with Crippen LogP contribution in [0.4, 0.5) is 0 Å². The zero-order valence-electron chi connectivity index (χ0n) is 11.2. The highest BCUT2D eigenvalue weighted by Gasteiger charge is 2.42. The molecule has 1 aliphatic carbocycles.